The molecule has 2 aliphatic heterocycles. The molecule has 0 aromatic heterocycles. The normalized spacial score (nSPS) is 35.2. The predicted molar refractivity (Wildman–Crippen MR) is 86.5 cm³/mol. The van der Waals surface area contributed by atoms with Crippen molar-refractivity contribution in [1.82, 2.24) is 0 Å². The highest BCUT2D eigenvalue weighted by Gasteiger charge is 2.61. The smallest absolute Gasteiger partial charge is 0.168 e. The molecule has 1 aromatic rings. The maximum Gasteiger partial charge on any atom is 0.168 e. The van der Waals surface area contributed by atoms with Gasteiger partial charge in [0.25, 0.3) is 0 Å². The second-order valence-electron chi connectivity index (χ2n) is 6.80. The van der Waals surface area contributed by atoms with Gasteiger partial charge in [0.05, 0.1) is 18.0 Å². The first-order valence-electron chi connectivity index (χ1n) is 7.59. The van der Waals surface area contributed by atoms with Crippen molar-refractivity contribution in [3.8, 4) is 0 Å². The van der Waals surface area contributed by atoms with Gasteiger partial charge in [-0.1, -0.05) is 18.2 Å². The minimum absolute atomic E-state index is 0.00419. The molecule has 3 unspecified atom stereocenters. The third kappa shape index (κ3) is 2.13. The van der Waals surface area contributed by atoms with Crippen LogP contribution in [0.2, 0.25) is 0 Å². The van der Waals surface area contributed by atoms with E-state index in [1.807, 2.05) is 6.92 Å². The number of fused-ring (bicyclic) bond motifs is 1. The summed E-state index contributed by atoms with van der Waals surface area (Å²) in [6.07, 6.45) is 0.0247. The number of nitrogens with two attached hydrogens (primary N) is 1. The molecule has 0 saturated carbocycles. The summed E-state index contributed by atoms with van der Waals surface area (Å²) in [5.41, 5.74) is 4.89. The molecular weight excluding hydrogens is 319 g/mol. The molecule has 3 atom stereocenters. The highest BCUT2D eigenvalue weighted by atomic mass is 32.2. The van der Waals surface area contributed by atoms with Gasteiger partial charge in [0.2, 0.25) is 0 Å². The molecule has 2 aliphatic rings. The average Bonchev–Trinajstić information content (AvgIpc) is 2.48. The number of halogens is 1. The lowest BCUT2D eigenvalue weighted by Gasteiger charge is -2.49. The Balaban J connectivity index is 2.32. The number of sulfone groups is 1. The molecule has 3 rings (SSSR count). The summed E-state index contributed by atoms with van der Waals surface area (Å²) >= 11 is 0. The summed E-state index contributed by atoms with van der Waals surface area (Å²) in [7, 11) is -3.67. The van der Waals surface area contributed by atoms with E-state index < -0.39 is 31.2 Å². The Labute approximate surface area is 135 Å². The Morgan fingerprint density at radius 1 is 1.35 bits per heavy atom. The number of hydrogen-bond donors (Lipinski definition) is 1. The third-order valence-electron chi connectivity index (χ3n) is 5.03. The van der Waals surface area contributed by atoms with Gasteiger partial charge in [-0.25, -0.2) is 12.8 Å². The van der Waals surface area contributed by atoms with Gasteiger partial charge >= 0.3 is 0 Å². The quantitative estimate of drug-likeness (QED) is 0.844. The topological polar surface area (TPSA) is 81.8 Å². The molecule has 0 aliphatic carbocycles. The van der Waals surface area contributed by atoms with Gasteiger partial charge in [-0.15, -0.1) is 0 Å². The lowest BCUT2D eigenvalue weighted by atomic mass is 9.82. The van der Waals surface area contributed by atoms with Gasteiger partial charge in [0, 0.05) is 5.56 Å². The van der Waals surface area contributed by atoms with Crippen LogP contribution < -0.4 is 5.73 Å². The number of amidine groups is 1. The van der Waals surface area contributed by atoms with Crippen molar-refractivity contribution in [1.29, 1.82) is 0 Å². The highest BCUT2D eigenvalue weighted by molar-refractivity contribution is 7.94. The molecule has 1 saturated heterocycles. The molecule has 2 N–H and O–H groups in total. The fraction of sp³-hybridized carbons (Fsp3) is 0.562. The summed E-state index contributed by atoms with van der Waals surface area (Å²) in [6.45, 7) is 4.91. The fourth-order valence-electron chi connectivity index (χ4n) is 3.39. The number of ether oxygens (including phenoxy) is 1. The van der Waals surface area contributed by atoms with E-state index in [1.54, 1.807) is 32.0 Å². The van der Waals surface area contributed by atoms with Gasteiger partial charge in [-0.3, -0.25) is 4.99 Å². The summed E-state index contributed by atoms with van der Waals surface area (Å²) in [5, 5.41) is -0.863. The predicted octanol–water partition coefficient (Wildman–Crippen LogP) is 1.76. The van der Waals surface area contributed by atoms with Crippen molar-refractivity contribution in [2.45, 2.75) is 48.8 Å². The minimum Gasteiger partial charge on any atom is -0.386 e. The van der Waals surface area contributed by atoms with E-state index in [0.717, 1.165) is 0 Å². The zero-order valence-electron chi connectivity index (χ0n) is 13.4. The summed E-state index contributed by atoms with van der Waals surface area (Å²) in [4.78, 5) is 4.50. The van der Waals surface area contributed by atoms with Gasteiger partial charge < -0.3 is 10.5 Å². The standard InChI is InChI=1S/C16H21FN2O3S/c1-10-8-13-16(9-22-10,11-6-4-5-7-12(11)17)19-14(18)15(2,3)23(13,20)21/h4-7,10,13H,8-9H2,1-3H3,(H2,18,19). The van der Waals surface area contributed by atoms with Crippen molar-refractivity contribution < 1.29 is 17.5 Å². The number of aliphatic imine (C=N–C) groups is 1. The van der Waals surface area contributed by atoms with Crippen LogP contribution in [-0.2, 0) is 20.1 Å². The maximum atomic E-state index is 14.4. The van der Waals surface area contributed by atoms with Crippen LogP contribution in [-0.4, -0.2) is 37.0 Å². The summed E-state index contributed by atoms with van der Waals surface area (Å²) in [5.74, 6) is -0.503. The van der Waals surface area contributed by atoms with Crippen molar-refractivity contribution in [2.24, 2.45) is 10.7 Å². The largest absolute Gasteiger partial charge is 0.386 e. The first kappa shape index (κ1) is 16.4. The van der Waals surface area contributed by atoms with E-state index in [4.69, 9.17) is 10.5 Å². The molecule has 126 valence electrons. The van der Waals surface area contributed by atoms with Crippen LogP contribution in [0.3, 0.4) is 0 Å². The monoisotopic (exact) mass is 340 g/mol. The molecule has 0 radical (unpaired) electrons. The van der Waals surface area contributed by atoms with Crippen molar-refractivity contribution in [3.05, 3.63) is 35.6 Å². The lowest BCUT2D eigenvalue weighted by molar-refractivity contribution is -0.0180. The zero-order chi connectivity index (χ0) is 17.0. The highest BCUT2D eigenvalue weighted by Crippen LogP contribution is 2.47. The van der Waals surface area contributed by atoms with Crippen molar-refractivity contribution in [3.63, 3.8) is 0 Å². The van der Waals surface area contributed by atoms with E-state index in [9.17, 15) is 12.8 Å². The van der Waals surface area contributed by atoms with Crippen molar-refractivity contribution >= 4 is 15.7 Å². The SMILES string of the molecule is CC1CC2C(c3ccccc3F)(CO1)N=C(N)C(C)(C)S2(=O)=O. The fourth-order valence-corrected chi connectivity index (χ4v) is 5.72. The second kappa shape index (κ2) is 5.01. The van der Waals surface area contributed by atoms with Gasteiger partial charge in [-0.2, -0.15) is 0 Å². The Hall–Kier alpha value is -1.47. The Bertz CT molecular complexity index is 775. The molecule has 1 fully saturated rings. The molecule has 0 bridgehead atoms. The Morgan fingerprint density at radius 3 is 2.65 bits per heavy atom. The molecular formula is C16H21FN2O3S. The van der Waals surface area contributed by atoms with E-state index in [0.29, 0.717) is 0 Å². The number of nitrogens with zero attached hydrogens (tertiary/aromatic N) is 1. The lowest BCUT2D eigenvalue weighted by Crippen LogP contribution is -2.64. The van der Waals surface area contributed by atoms with Crippen molar-refractivity contribution in [2.75, 3.05) is 6.61 Å². The van der Waals surface area contributed by atoms with Gasteiger partial charge in [0.1, 0.15) is 21.9 Å². The zero-order valence-corrected chi connectivity index (χ0v) is 14.2. The second-order valence-corrected chi connectivity index (χ2v) is 9.48. The molecule has 2 heterocycles. The maximum absolute atomic E-state index is 14.4. The van der Waals surface area contributed by atoms with E-state index in [-0.39, 0.29) is 30.5 Å². The average molecular weight is 340 g/mol. The van der Waals surface area contributed by atoms with Crippen LogP contribution in [0, 0.1) is 5.82 Å². The van der Waals surface area contributed by atoms with Crippen LogP contribution in [0.15, 0.2) is 29.3 Å². The Kier molecular flexibility index (Phi) is 3.57. The summed E-state index contributed by atoms with van der Waals surface area (Å²) < 4.78 is 45.2. The third-order valence-corrected chi connectivity index (χ3v) is 7.99. The number of rotatable bonds is 1. The number of benzene rings is 1. The van der Waals surface area contributed by atoms with Crippen LogP contribution in [0.5, 0.6) is 0 Å². The molecule has 7 heteroatoms. The van der Waals surface area contributed by atoms with Gasteiger partial charge in [-0.05, 0) is 33.3 Å². The first-order chi connectivity index (χ1) is 10.6. The minimum atomic E-state index is -3.67. The van der Waals surface area contributed by atoms with E-state index >= 15 is 0 Å². The molecule has 0 spiro atoms. The molecule has 23 heavy (non-hydrogen) atoms. The van der Waals surface area contributed by atoms with E-state index in [2.05, 4.69) is 4.99 Å². The molecule has 5 nitrogen and oxygen atoms in total. The Morgan fingerprint density at radius 2 is 2.00 bits per heavy atom. The van der Waals surface area contributed by atoms with E-state index in [1.165, 1.54) is 6.07 Å². The number of hydrogen-bond acceptors (Lipinski definition) is 5. The first-order valence-corrected chi connectivity index (χ1v) is 9.13. The van der Waals surface area contributed by atoms with Crippen LogP contribution in [0.1, 0.15) is 32.8 Å². The van der Waals surface area contributed by atoms with Crippen LogP contribution >= 0.6 is 0 Å². The van der Waals surface area contributed by atoms with Gasteiger partial charge in [0.15, 0.2) is 9.84 Å². The van der Waals surface area contributed by atoms with Crippen LogP contribution in [0.25, 0.3) is 0 Å². The molecule has 1 aromatic carbocycles. The molecule has 0 amide bonds. The summed E-state index contributed by atoms with van der Waals surface area (Å²) in [6, 6.07) is 6.09. The van der Waals surface area contributed by atoms with Crippen LogP contribution in [0.4, 0.5) is 4.39 Å².